The van der Waals surface area contributed by atoms with Crippen LogP contribution < -0.4 is 11.1 Å². The molecule has 0 spiro atoms. The van der Waals surface area contributed by atoms with Crippen molar-refractivity contribution in [3.05, 3.63) is 12.3 Å². The van der Waals surface area contributed by atoms with Gasteiger partial charge in [0, 0.05) is 23.5 Å². The molecule has 2 unspecified atom stereocenters. The third-order valence-electron chi connectivity index (χ3n) is 0.987. The molecule has 3 N–H and O–H groups in total. The van der Waals surface area contributed by atoms with Gasteiger partial charge in [0.15, 0.2) is 0 Å². The van der Waals surface area contributed by atoms with Crippen molar-refractivity contribution in [3.63, 3.8) is 0 Å². The van der Waals surface area contributed by atoms with Crippen LogP contribution in [0.5, 0.6) is 0 Å². The van der Waals surface area contributed by atoms with Gasteiger partial charge in [-0.05, 0) is 0 Å². The Morgan fingerprint density at radius 1 is 2.00 bits per heavy atom. The minimum Gasteiger partial charge on any atom is -0.609 e. The van der Waals surface area contributed by atoms with Crippen LogP contribution in [0.3, 0.4) is 0 Å². The average molecular weight is 158 g/mol. The number of aliphatic imine (C=N–C) groups is 1. The summed E-state index contributed by atoms with van der Waals surface area (Å²) in [6.45, 7) is 0. The molecule has 1 heterocycles. The van der Waals surface area contributed by atoms with Crippen LogP contribution in [0.1, 0.15) is 0 Å². The lowest BCUT2D eigenvalue weighted by Crippen LogP contribution is -2.44. The van der Waals surface area contributed by atoms with E-state index in [1.54, 1.807) is 0 Å². The van der Waals surface area contributed by atoms with Crippen LogP contribution in [0.4, 0.5) is 0 Å². The Morgan fingerprint density at radius 3 is 3.10 bits per heavy atom. The molecule has 1 aliphatic heterocycles. The van der Waals surface area contributed by atoms with Gasteiger partial charge < -0.3 is 15.6 Å². The second-order valence-corrected chi connectivity index (χ2v) is 3.10. The predicted molar refractivity (Wildman–Crippen MR) is 40.4 cm³/mol. The van der Waals surface area contributed by atoms with Crippen LogP contribution in [0, 0.1) is 6.08 Å². The summed E-state index contributed by atoms with van der Waals surface area (Å²) in [4.78, 5) is 3.77. The zero-order chi connectivity index (χ0) is 7.56. The monoisotopic (exact) mass is 158 g/mol. The minimum atomic E-state index is -1.09. The van der Waals surface area contributed by atoms with Crippen molar-refractivity contribution in [2.75, 3.05) is 6.26 Å². The first-order valence-electron chi connectivity index (χ1n) is 2.71. The molecule has 0 amide bonds. The number of amidine groups is 1. The lowest BCUT2D eigenvalue weighted by molar-refractivity contribution is 0.607. The van der Waals surface area contributed by atoms with E-state index in [0.717, 1.165) is 0 Å². The molecular weight excluding hydrogens is 150 g/mol. The normalized spacial score (nSPS) is 27.1. The van der Waals surface area contributed by atoms with Gasteiger partial charge in [0.05, 0.1) is 0 Å². The van der Waals surface area contributed by atoms with Crippen LogP contribution in [0.2, 0.25) is 0 Å². The van der Waals surface area contributed by atoms with Crippen LogP contribution in [0.15, 0.2) is 11.2 Å². The molecule has 0 aromatic heterocycles. The number of nitrogens with one attached hydrogen (secondary N) is 1. The van der Waals surface area contributed by atoms with Crippen LogP contribution in [0.25, 0.3) is 0 Å². The molecule has 5 heteroatoms. The topological polar surface area (TPSA) is 73.5 Å². The van der Waals surface area contributed by atoms with Crippen molar-refractivity contribution in [2.24, 2.45) is 10.7 Å². The summed E-state index contributed by atoms with van der Waals surface area (Å²) in [6, 6.07) is 0. The number of nitrogens with zero attached hydrogens (tertiary/aromatic N) is 1. The SMILES string of the molecule is C[S+]([O-])C1=NC=[C]C(N)N1. The number of hydrogen-bond acceptors (Lipinski definition) is 4. The van der Waals surface area contributed by atoms with E-state index in [0.29, 0.717) is 5.17 Å². The first-order chi connectivity index (χ1) is 4.70. The second-order valence-electron chi connectivity index (χ2n) is 1.81. The Hall–Kier alpha value is -0.520. The van der Waals surface area contributed by atoms with Crippen molar-refractivity contribution in [1.29, 1.82) is 0 Å². The number of rotatable bonds is 0. The molecule has 0 saturated carbocycles. The molecule has 0 bridgehead atoms. The Bertz CT molecular complexity index is 178. The van der Waals surface area contributed by atoms with Crippen molar-refractivity contribution in [2.45, 2.75) is 6.17 Å². The third kappa shape index (κ3) is 1.73. The molecule has 1 rings (SSSR count). The third-order valence-corrected chi connectivity index (χ3v) is 1.75. The zero-order valence-corrected chi connectivity index (χ0v) is 6.31. The van der Waals surface area contributed by atoms with Crippen molar-refractivity contribution in [3.8, 4) is 0 Å². The number of hydrogen-bond donors (Lipinski definition) is 2. The van der Waals surface area contributed by atoms with Crippen LogP contribution >= 0.6 is 0 Å². The molecule has 0 aromatic carbocycles. The summed E-state index contributed by atoms with van der Waals surface area (Å²) in [6.07, 6.45) is 5.28. The lowest BCUT2D eigenvalue weighted by atomic mass is 10.5. The summed E-state index contributed by atoms with van der Waals surface area (Å²) in [5, 5.41) is 3.11. The highest BCUT2D eigenvalue weighted by molar-refractivity contribution is 8.05. The van der Waals surface area contributed by atoms with Gasteiger partial charge in [-0.15, -0.1) is 0 Å². The van der Waals surface area contributed by atoms with Gasteiger partial charge in [-0.1, -0.05) is 0 Å². The maximum Gasteiger partial charge on any atom is 0.317 e. The summed E-state index contributed by atoms with van der Waals surface area (Å²) < 4.78 is 10.8. The Balaban J connectivity index is 2.61. The lowest BCUT2D eigenvalue weighted by Gasteiger charge is -2.14. The summed E-state index contributed by atoms with van der Waals surface area (Å²) in [5.41, 5.74) is 5.39. The van der Waals surface area contributed by atoms with Crippen molar-refractivity contribution >= 4 is 16.3 Å². The van der Waals surface area contributed by atoms with Gasteiger partial charge >= 0.3 is 5.17 Å². The first kappa shape index (κ1) is 7.59. The maximum atomic E-state index is 10.8. The van der Waals surface area contributed by atoms with Gasteiger partial charge in [0.1, 0.15) is 12.4 Å². The quantitative estimate of drug-likeness (QED) is 0.441. The summed E-state index contributed by atoms with van der Waals surface area (Å²) in [5.74, 6) is 0. The van der Waals surface area contributed by atoms with Gasteiger partial charge in [-0.3, -0.25) is 0 Å². The zero-order valence-electron chi connectivity index (χ0n) is 5.50. The van der Waals surface area contributed by atoms with E-state index < -0.39 is 11.2 Å². The van der Waals surface area contributed by atoms with E-state index >= 15 is 0 Å². The molecule has 0 aliphatic carbocycles. The fourth-order valence-corrected chi connectivity index (χ4v) is 1.04. The van der Waals surface area contributed by atoms with Gasteiger partial charge in [-0.2, -0.15) is 4.99 Å². The highest BCUT2D eigenvalue weighted by Gasteiger charge is 2.14. The molecule has 2 atom stereocenters. The van der Waals surface area contributed by atoms with Crippen LogP contribution in [-0.4, -0.2) is 22.1 Å². The first-order valence-corrected chi connectivity index (χ1v) is 4.27. The Kier molecular flexibility index (Phi) is 2.31. The van der Waals surface area contributed by atoms with E-state index in [1.807, 2.05) is 0 Å². The largest absolute Gasteiger partial charge is 0.609 e. The molecule has 0 saturated heterocycles. The molecule has 1 radical (unpaired) electrons. The highest BCUT2D eigenvalue weighted by atomic mass is 32.2. The van der Waals surface area contributed by atoms with E-state index in [1.165, 1.54) is 12.5 Å². The average Bonchev–Trinajstić information content (AvgIpc) is 1.88. The van der Waals surface area contributed by atoms with E-state index in [-0.39, 0.29) is 6.17 Å². The van der Waals surface area contributed by atoms with E-state index in [9.17, 15) is 4.55 Å². The molecule has 1 aliphatic rings. The maximum absolute atomic E-state index is 10.8. The number of nitrogens with two attached hydrogens (primary N) is 1. The fraction of sp³-hybridized carbons (Fsp3) is 0.400. The van der Waals surface area contributed by atoms with Crippen LogP contribution in [-0.2, 0) is 11.2 Å². The Labute approximate surface area is 62.4 Å². The standard InChI is InChI=1S/C5H8N3OS/c1-10(9)5-7-3-2-4(6)8-5/h3-4H,6H2,1H3,(H,7,8). The van der Waals surface area contributed by atoms with Gasteiger partial charge in [0.2, 0.25) is 0 Å². The van der Waals surface area contributed by atoms with Crippen molar-refractivity contribution in [1.82, 2.24) is 5.32 Å². The Morgan fingerprint density at radius 2 is 2.70 bits per heavy atom. The smallest absolute Gasteiger partial charge is 0.317 e. The van der Waals surface area contributed by atoms with E-state index in [4.69, 9.17) is 5.73 Å². The highest BCUT2D eigenvalue weighted by Crippen LogP contribution is 1.94. The molecule has 0 aromatic rings. The molecule has 55 valence electrons. The molecule has 4 nitrogen and oxygen atoms in total. The molecular formula is C5H8N3OS. The van der Waals surface area contributed by atoms with Gasteiger partial charge in [0.25, 0.3) is 0 Å². The summed E-state index contributed by atoms with van der Waals surface area (Å²) in [7, 11) is 0. The fourth-order valence-electron chi connectivity index (χ4n) is 0.545. The predicted octanol–water partition coefficient (Wildman–Crippen LogP) is -1.07. The molecule has 10 heavy (non-hydrogen) atoms. The van der Waals surface area contributed by atoms with Crippen molar-refractivity contribution < 1.29 is 4.55 Å². The van der Waals surface area contributed by atoms with Gasteiger partial charge in [-0.25, -0.2) is 0 Å². The second kappa shape index (κ2) is 3.05. The molecule has 0 fully saturated rings. The van der Waals surface area contributed by atoms with E-state index in [2.05, 4.69) is 16.4 Å². The minimum absolute atomic E-state index is 0.378. The summed E-state index contributed by atoms with van der Waals surface area (Å²) >= 11 is -1.09.